The van der Waals surface area contributed by atoms with E-state index in [2.05, 4.69) is 10.6 Å². The van der Waals surface area contributed by atoms with E-state index in [-0.39, 0.29) is 18.2 Å². The number of halogens is 5. The molecule has 4 nitrogen and oxygen atoms in total. The third-order valence-electron chi connectivity index (χ3n) is 6.57. The van der Waals surface area contributed by atoms with Gasteiger partial charge in [0.2, 0.25) is 0 Å². The smallest absolute Gasteiger partial charge is 0.373 e. The van der Waals surface area contributed by atoms with E-state index in [0.717, 1.165) is 17.7 Å². The Morgan fingerprint density at radius 1 is 1.03 bits per heavy atom. The van der Waals surface area contributed by atoms with Crippen molar-refractivity contribution in [2.75, 3.05) is 13.2 Å². The van der Waals surface area contributed by atoms with E-state index in [0.29, 0.717) is 32.4 Å². The van der Waals surface area contributed by atoms with Crippen molar-refractivity contribution in [1.29, 1.82) is 0 Å². The number of benzene rings is 2. The molecule has 0 radical (unpaired) electrons. The third-order valence-corrected chi connectivity index (χ3v) is 6.57. The first-order valence-electron chi connectivity index (χ1n) is 10.7. The van der Waals surface area contributed by atoms with Crippen LogP contribution in [0.15, 0.2) is 48.5 Å². The molecule has 1 aliphatic carbocycles. The third kappa shape index (κ3) is 4.69. The Balaban J connectivity index is 1.57. The zero-order chi connectivity index (χ0) is 24.1. The minimum absolute atomic E-state index is 0.0365. The summed E-state index contributed by atoms with van der Waals surface area (Å²) in [5, 5.41) is 5.71. The van der Waals surface area contributed by atoms with Crippen molar-refractivity contribution in [1.82, 2.24) is 10.6 Å². The number of carbonyl (C=O) groups excluding carboxylic acids is 1. The lowest BCUT2D eigenvalue weighted by Gasteiger charge is -2.54. The van der Waals surface area contributed by atoms with Crippen molar-refractivity contribution in [2.45, 2.75) is 55.8 Å². The van der Waals surface area contributed by atoms with Crippen molar-refractivity contribution in [3.05, 3.63) is 70.8 Å². The fraction of sp³-hybridized carbons (Fsp3) is 0.458. The number of amides is 2. The molecule has 0 aromatic heterocycles. The van der Waals surface area contributed by atoms with E-state index in [1.165, 1.54) is 0 Å². The molecule has 9 heteroatoms. The summed E-state index contributed by atoms with van der Waals surface area (Å²) in [6.45, 7) is 2.78. The molecule has 2 N–H and O–H groups in total. The molecule has 2 aromatic carbocycles. The van der Waals surface area contributed by atoms with E-state index in [1.54, 1.807) is 6.92 Å². The fourth-order valence-corrected chi connectivity index (χ4v) is 4.90. The molecular weight excluding hydrogens is 443 g/mol. The number of hydrogen-bond donors (Lipinski definition) is 2. The van der Waals surface area contributed by atoms with Crippen LogP contribution in [0.1, 0.15) is 55.0 Å². The average Bonchev–Trinajstić information content (AvgIpc) is 3.11. The van der Waals surface area contributed by atoms with Gasteiger partial charge in [-0.1, -0.05) is 30.3 Å². The minimum atomic E-state index is -4.75. The summed E-state index contributed by atoms with van der Waals surface area (Å²) in [5.41, 5.74) is -1.65. The van der Waals surface area contributed by atoms with Crippen LogP contribution in [0.4, 0.5) is 26.7 Å². The van der Waals surface area contributed by atoms with Crippen LogP contribution >= 0.6 is 0 Å². The maximum atomic E-state index is 13.9. The fourth-order valence-electron chi connectivity index (χ4n) is 4.90. The monoisotopic (exact) mass is 468 g/mol. The van der Waals surface area contributed by atoms with Crippen molar-refractivity contribution in [3.8, 4) is 0 Å². The number of ether oxygens (including phenoxy) is 1. The number of urea groups is 1. The molecule has 178 valence electrons. The van der Waals surface area contributed by atoms with E-state index in [9.17, 15) is 26.7 Å². The lowest BCUT2D eigenvalue weighted by molar-refractivity contribution is -0.138. The summed E-state index contributed by atoms with van der Waals surface area (Å²) in [4.78, 5) is 11.7. The highest BCUT2D eigenvalue weighted by atomic mass is 19.4. The van der Waals surface area contributed by atoms with Crippen LogP contribution in [0.5, 0.6) is 0 Å². The van der Waals surface area contributed by atoms with Gasteiger partial charge in [0.25, 0.3) is 5.92 Å². The summed E-state index contributed by atoms with van der Waals surface area (Å²) in [6.07, 6.45) is -4.41. The second-order valence-electron chi connectivity index (χ2n) is 9.27. The van der Waals surface area contributed by atoms with E-state index in [1.807, 2.05) is 30.3 Å². The quantitative estimate of drug-likeness (QED) is 0.536. The zero-order valence-electron chi connectivity index (χ0n) is 18.2. The summed E-state index contributed by atoms with van der Waals surface area (Å²) >= 11 is 0. The Kier molecular flexibility index (Phi) is 5.67. The molecule has 1 aliphatic heterocycles. The van der Waals surface area contributed by atoms with Gasteiger partial charge in [0, 0.05) is 24.4 Å². The summed E-state index contributed by atoms with van der Waals surface area (Å²) in [5.74, 6) is -3.42. The van der Waals surface area contributed by atoms with Gasteiger partial charge < -0.3 is 15.4 Å². The van der Waals surface area contributed by atoms with Crippen molar-refractivity contribution in [2.24, 2.45) is 0 Å². The van der Waals surface area contributed by atoms with Crippen LogP contribution in [0.2, 0.25) is 0 Å². The summed E-state index contributed by atoms with van der Waals surface area (Å²) < 4.78 is 73.8. The molecule has 33 heavy (non-hydrogen) atoms. The number of nitrogens with one attached hydrogen (secondary N) is 2. The van der Waals surface area contributed by atoms with Gasteiger partial charge in [0.15, 0.2) is 0 Å². The molecule has 2 fully saturated rings. The van der Waals surface area contributed by atoms with Crippen LogP contribution < -0.4 is 10.6 Å². The van der Waals surface area contributed by atoms with Crippen molar-refractivity contribution < 1.29 is 31.5 Å². The number of carbonyl (C=O) groups is 1. The first-order chi connectivity index (χ1) is 15.3. The van der Waals surface area contributed by atoms with Crippen molar-refractivity contribution in [3.63, 3.8) is 0 Å². The largest absolute Gasteiger partial charge is 0.416 e. The van der Waals surface area contributed by atoms with E-state index in [4.69, 9.17) is 4.74 Å². The maximum absolute atomic E-state index is 13.9. The van der Waals surface area contributed by atoms with Crippen LogP contribution in [0.3, 0.4) is 0 Å². The molecule has 1 unspecified atom stereocenters. The topological polar surface area (TPSA) is 50.4 Å². The molecule has 1 spiro atoms. The van der Waals surface area contributed by atoms with Crippen LogP contribution in [-0.4, -0.2) is 24.7 Å². The van der Waals surface area contributed by atoms with Gasteiger partial charge >= 0.3 is 12.2 Å². The standard InChI is InChI=1S/C24H25F5N2O2/c1-15(16-8-18(21(2,25)26)10-19(9-16)24(27,28)29)33-14-22(17-6-4-3-5-7-17)11-23(12-22)13-30-20(32)31-23/h3-10,15H,11-14H2,1-2H3,(H2,30,31,32). The summed E-state index contributed by atoms with van der Waals surface area (Å²) in [7, 11) is 0. The number of hydrogen-bond acceptors (Lipinski definition) is 2. The van der Waals surface area contributed by atoms with E-state index < -0.39 is 40.3 Å². The minimum Gasteiger partial charge on any atom is -0.373 e. The molecule has 0 bridgehead atoms. The molecular formula is C24H25F5N2O2. The van der Waals surface area contributed by atoms with Crippen molar-refractivity contribution >= 4 is 6.03 Å². The second-order valence-corrected chi connectivity index (χ2v) is 9.27. The van der Waals surface area contributed by atoms with Gasteiger partial charge in [-0.25, -0.2) is 13.6 Å². The predicted octanol–water partition coefficient (Wildman–Crippen LogP) is 5.68. The van der Waals surface area contributed by atoms with Gasteiger partial charge in [-0.05, 0) is 49.1 Å². The van der Waals surface area contributed by atoms with E-state index >= 15 is 0 Å². The maximum Gasteiger partial charge on any atom is 0.416 e. The lowest BCUT2D eigenvalue weighted by Crippen LogP contribution is -2.63. The van der Waals surface area contributed by atoms with Gasteiger partial charge in [0.05, 0.1) is 23.8 Å². The van der Waals surface area contributed by atoms with Crippen LogP contribution in [0, 0.1) is 0 Å². The molecule has 2 aromatic rings. The van der Waals surface area contributed by atoms with Gasteiger partial charge in [-0.15, -0.1) is 0 Å². The Morgan fingerprint density at radius 3 is 2.21 bits per heavy atom. The van der Waals surface area contributed by atoms with Crippen LogP contribution in [0.25, 0.3) is 0 Å². The predicted molar refractivity (Wildman–Crippen MR) is 112 cm³/mol. The lowest BCUT2D eigenvalue weighted by atomic mass is 9.55. The number of alkyl halides is 5. The molecule has 1 saturated heterocycles. The highest BCUT2D eigenvalue weighted by Crippen LogP contribution is 2.52. The Labute approximate surface area is 188 Å². The van der Waals surface area contributed by atoms with Gasteiger partial charge in [-0.3, -0.25) is 0 Å². The molecule has 1 saturated carbocycles. The van der Waals surface area contributed by atoms with Gasteiger partial charge in [-0.2, -0.15) is 13.2 Å². The normalized spacial score (nSPS) is 26.0. The molecule has 1 atom stereocenters. The Bertz CT molecular complexity index is 995. The van der Waals surface area contributed by atoms with Gasteiger partial charge in [0.1, 0.15) is 0 Å². The van der Waals surface area contributed by atoms with Crippen LogP contribution in [-0.2, 0) is 22.3 Å². The summed E-state index contributed by atoms with van der Waals surface area (Å²) in [6, 6.07) is 11.7. The first-order valence-corrected chi connectivity index (χ1v) is 10.7. The highest BCUT2D eigenvalue weighted by Gasteiger charge is 2.58. The average molecular weight is 468 g/mol. The molecule has 4 rings (SSSR count). The second kappa shape index (κ2) is 7.97. The Hall–Kier alpha value is -2.68. The SMILES string of the molecule is CC(OCC1(c2ccccc2)CC2(CNC(=O)N2)C1)c1cc(C(C)(F)F)cc(C(F)(F)F)c1. The first kappa shape index (κ1) is 23.5. The number of rotatable bonds is 6. The highest BCUT2D eigenvalue weighted by molar-refractivity contribution is 5.78. The molecule has 1 heterocycles. The molecule has 2 amide bonds. The zero-order valence-corrected chi connectivity index (χ0v) is 18.2. The molecule has 2 aliphatic rings. The Morgan fingerprint density at radius 2 is 1.67 bits per heavy atom.